The number of methoxy groups -OCH3 is 1. The van der Waals surface area contributed by atoms with Crippen LogP contribution in [0.3, 0.4) is 0 Å². The zero-order valence-electron chi connectivity index (χ0n) is 21.2. The van der Waals surface area contributed by atoms with Crippen molar-refractivity contribution in [3.05, 3.63) is 71.2 Å². The van der Waals surface area contributed by atoms with Gasteiger partial charge in [-0.15, -0.1) is 0 Å². The molecule has 2 N–H and O–H groups in total. The average Bonchev–Trinajstić information content (AvgIpc) is 3.37. The van der Waals surface area contributed by atoms with Gasteiger partial charge in [0.05, 0.1) is 37.0 Å². The molecule has 0 spiro atoms. The molecular weight excluding hydrogens is 460 g/mol. The summed E-state index contributed by atoms with van der Waals surface area (Å²) in [5.74, 6) is 0.949. The summed E-state index contributed by atoms with van der Waals surface area (Å²) in [5, 5.41) is 10.2. The number of benzene rings is 1. The van der Waals surface area contributed by atoms with Gasteiger partial charge in [-0.2, -0.15) is 5.10 Å². The summed E-state index contributed by atoms with van der Waals surface area (Å²) in [6.45, 7) is 4.59. The number of aromatic amines is 1. The van der Waals surface area contributed by atoms with E-state index in [-0.39, 0.29) is 18.9 Å². The smallest absolute Gasteiger partial charge is 0.411 e. The summed E-state index contributed by atoms with van der Waals surface area (Å²) >= 11 is 0. The average molecular weight is 493 g/mol. The number of rotatable bonds is 8. The van der Waals surface area contributed by atoms with Gasteiger partial charge < -0.3 is 19.7 Å². The Hall–Kier alpha value is -3.92. The summed E-state index contributed by atoms with van der Waals surface area (Å²) in [5.41, 5.74) is 2.37. The minimum absolute atomic E-state index is 0.192. The Labute approximate surface area is 210 Å². The van der Waals surface area contributed by atoms with Crippen molar-refractivity contribution in [3.63, 3.8) is 0 Å². The van der Waals surface area contributed by atoms with Crippen LogP contribution in [0, 0.1) is 0 Å². The minimum Gasteiger partial charge on any atom is -0.497 e. The quantitative estimate of drug-likeness (QED) is 0.495. The SMILES string of the molecule is COc1ccc(CC(=O)Nc2n[nH]c3c2CN(C(=O)OC(CN(C)C)c2ccccn2)C3(C)C)cc1. The van der Waals surface area contributed by atoms with Gasteiger partial charge in [0.15, 0.2) is 11.9 Å². The molecule has 1 aromatic carbocycles. The lowest BCUT2D eigenvalue weighted by Gasteiger charge is -2.32. The van der Waals surface area contributed by atoms with Crippen LogP contribution < -0.4 is 10.1 Å². The van der Waals surface area contributed by atoms with E-state index in [1.165, 1.54) is 0 Å². The summed E-state index contributed by atoms with van der Waals surface area (Å²) in [6, 6.07) is 12.9. The maximum atomic E-state index is 13.3. The number of pyridine rings is 1. The molecule has 0 saturated heterocycles. The van der Waals surface area contributed by atoms with Crippen LogP contribution in [0.2, 0.25) is 0 Å². The van der Waals surface area contributed by atoms with E-state index < -0.39 is 17.7 Å². The van der Waals surface area contributed by atoms with Gasteiger partial charge in [0, 0.05) is 18.3 Å². The third-order valence-corrected chi connectivity index (χ3v) is 6.26. The molecule has 1 unspecified atom stereocenters. The number of carbonyl (C=O) groups is 2. The van der Waals surface area contributed by atoms with Gasteiger partial charge in [0.25, 0.3) is 0 Å². The van der Waals surface area contributed by atoms with Crippen molar-refractivity contribution in [2.24, 2.45) is 0 Å². The van der Waals surface area contributed by atoms with Crippen molar-refractivity contribution >= 4 is 17.8 Å². The van der Waals surface area contributed by atoms with Crippen molar-refractivity contribution in [1.82, 2.24) is 25.0 Å². The molecule has 2 amide bonds. The fraction of sp³-hybridized carbons (Fsp3) is 0.385. The highest BCUT2D eigenvalue weighted by Crippen LogP contribution is 2.41. The molecule has 1 aliphatic rings. The van der Waals surface area contributed by atoms with Crippen LogP contribution in [0.1, 0.15) is 42.5 Å². The number of aromatic nitrogens is 3. The molecule has 2 aromatic heterocycles. The topological polar surface area (TPSA) is 113 Å². The van der Waals surface area contributed by atoms with E-state index in [0.29, 0.717) is 18.1 Å². The molecule has 4 rings (SSSR count). The number of ether oxygens (including phenoxy) is 2. The van der Waals surface area contributed by atoms with Crippen LogP contribution in [0.5, 0.6) is 5.75 Å². The molecule has 10 nitrogen and oxygen atoms in total. The molecule has 3 aromatic rings. The molecule has 36 heavy (non-hydrogen) atoms. The van der Waals surface area contributed by atoms with Crippen molar-refractivity contribution in [2.75, 3.05) is 33.1 Å². The second-order valence-electron chi connectivity index (χ2n) is 9.53. The van der Waals surface area contributed by atoms with Crippen molar-refractivity contribution in [1.29, 1.82) is 0 Å². The molecule has 0 radical (unpaired) electrons. The van der Waals surface area contributed by atoms with E-state index in [1.54, 1.807) is 18.2 Å². The first kappa shape index (κ1) is 25.2. The summed E-state index contributed by atoms with van der Waals surface area (Å²) in [4.78, 5) is 34.0. The fourth-order valence-corrected chi connectivity index (χ4v) is 4.29. The van der Waals surface area contributed by atoms with Gasteiger partial charge >= 0.3 is 6.09 Å². The van der Waals surface area contributed by atoms with Crippen LogP contribution in [-0.2, 0) is 28.0 Å². The molecular formula is C26H32N6O4. The molecule has 10 heteroatoms. The third-order valence-electron chi connectivity index (χ3n) is 6.26. The highest BCUT2D eigenvalue weighted by atomic mass is 16.6. The van der Waals surface area contributed by atoms with Crippen LogP contribution in [0.25, 0.3) is 0 Å². The van der Waals surface area contributed by atoms with Gasteiger partial charge in [-0.1, -0.05) is 18.2 Å². The standard InChI is InChI=1S/C26H32N6O4/c1-26(2)23-19(24(30-29-23)28-22(33)14-17-9-11-18(35-5)12-10-17)15-32(26)25(34)36-21(16-31(3)4)20-8-6-7-13-27-20/h6-13,21H,14-16H2,1-5H3,(H2,28,29,30,33). The van der Waals surface area contributed by atoms with E-state index in [0.717, 1.165) is 22.6 Å². The Morgan fingerprint density at radius 3 is 2.58 bits per heavy atom. The normalized spacial score (nSPS) is 14.9. The number of fused-ring (bicyclic) bond motifs is 1. The highest BCUT2D eigenvalue weighted by Gasteiger charge is 2.45. The van der Waals surface area contributed by atoms with E-state index in [9.17, 15) is 9.59 Å². The third kappa shape index (κ3) is 5.33. The Morgan fingerprint density at radius 2 is 1.94 bits per heavy atom. The van der Waals surface area contributed by atoms with Crippen molar-refractivity contribution in [3.8, 4) is 5.75 Å². The van der Waals surface area contributed by atoms with E-state index >= 15 is 0 Å². The van der Waals surface area contributed by atoms with Crippen molar-refractivity contribution in [2.45, 2.75) is 38.5 Å². The number of hydrogen-bond donors (Lipinski definition) is 2. The molecule has 0 bridgehead atoms. The van der Waals surface area contributed by atoms with Crippen LogP contribution in [0.15, 0.2) is 48.7 Å². The Bertz CT molecular complexity index is 1210. The molecule has 0 aliphatic carbocycles. The van der Waals surface area contributed by atoms with Crippen LogP contribution in [-0.4, -0.2) is 64.7 Å². The lowest BCUT2D eigenvalue weighted by Crippen LogP contribution is -2.42. The maximum absolute atomic E-state index is 13.3. The summed E-state index contributed by atoms with van der Waals surface area (Å²) in [7, 11) is 5.43. The Morgan fingerprint density at radius 1 is 1.19 bits per heavy atom. The van der Waals surface area contributed by atoms with E-state index in [2.05, 4.69) is 20.5 Å². The van der Waals surface area contributed by atoms with E-state index in [4.69, 9.17) is 9.47 Å². The van der Waals surface area contributed by atoms with Gasteiger partial charge in [-0.3, -0.25) is 19.8 Å². The monoisotopic (exact) mass is 492 g/mol. The lowest BCUT2D eigenvalue weighted by atomic mass is 10.0. The summed E-state index contributed by atoms with van der Waals surface area (Å²) < 4.78 is 11.1. The number of nitrogens with zero attached hydrogens (tertiary/aromatic N) is 4. The molecule has 1 atom stereocenters. The number of likely N-dealkylation sites (N-methyl/N-ethyl adjacent to an activating group) is 1. The largest absolute Gasteiger partial charge is 0.497 e. The predicted molar refractivity (Wildman–Crippen MR) is 134 cm³/mol. The number of carbonyl (C=O) groups excluding carboxylic acids is 2. The second kappa shape index (κ2) is 10.4. The number of nitrogens with one attached hydrogen (secondary N) is 2. The van der Waals surface area contributed by atoms with E-state index in [1.807, 2.05) is 75.3 Å². The number of amides is 2. The minimum atomic E-state index is -0.703. The highest BCUT2D eigenvalue weighted by molar-refractivity contribution is 5.92. The summed E-state index contributed by atoms with van der Waals surface area (Å²) in [6.07, 6.45) is 0.892. The molecule has 3 heterocycles. The second-order valence-corrected chi connectivity index (χ2v) is 9.53. The molecule has 1 aliphatic heterocycles. The van der Waals surface area contributed by atoms with Gasteiger partial charge in [-0.25, -0.2) is 4.79 Å². The number of H-pyrrole nitrogens is 1. The zero-order valence-corrected chi connectivity index (χ0v) is 21.2. The Balaban J connectivity index is 1.46. The first-order valence-electron chi connectivity index (χ1n) is 11.7. The lowest BCUT2D eigenvalue weighted by molar-refractivity contribution is -0.115. The Kier molecular flexibility index (Phi) is 7.25. The first-order valence-corrected chi connectivity index (χ1v) is 11.7. The fourth-order valence-electron chi connectivity index (χ4n) is 4.29. The number of hydrogen-bond acceptors (Lipinski definition) is 7. The molecule has 190 valence electrons. The zero-order chi connectivity index (χ0) is 25.9. The molecule has 0 saturated carbocycles. The van der Waals surface area contributed by atoms with Gasteiger partial charge in [0.1, 0.15) is 5.75 Å². The van der Waals surface area contributed by atoms with Crippen LogP contribution >= 0.6 is 0 Å². The maximum Gasteiger partial charge on any atom is 0.411 e. The van der Waals surface area contributed by atoms with Gasteiger partial charge in [-0.05, 0) is 57.8 Å². The van der Waals surface area contributed by atoms with Crippen LogP contribution in [0.4, 0.5) is 10.6 Å². The van der Waals surface area contributed by atoms with Gasteiger partial charge in [0.2, 0.25) is 5.91 Å². The molecule has 0 fully saturated rings. The predicted octanol–water partition coefficient (Wildman–Crippen LogP) is 3.48. The van der Waals surface area contributed by atoms with Crippen molar-refractivity contribution < 1.29 is 19.1 Å². The number of anilines is 1. The first-order chi connectivity index (χ1) is 17.2.